The van der Waals surface area contributed by atoms with Crippen LogP contribution in [0.1, 0.15) is 5.56 Å². The molecule has 0 saturated carbocycles. The van der Waals surface area contributed by atoms with Gasteiger partial charge in [-0.3, -0.25) is 10.1 Å². The minimum Gasteiger partial charge on any atom is -0.326 e. The summed E-state index contributed by atoms with van der Waals surface area (Å²) in [6, 6.07) is 5.12. The highest BCUT2D eigenvalue weighted by molar-refractivity contribution is 14.1. The normalized spacial score (nSPS) is 9.83. The van der Waals surface area contributed by atoms with Crippen LogP contribution in [0, 0.1) is 13.7 Å². The Morgan fingerprint density at radius 2 is 2.25 bits per heavy atom. The van der Waals surface area contributed by atoms with Crippen LogP contribution < -0.4 is 5.73 Å². The first kappa shape index (κ1) is 9.40. The number of benzene rings is 1. The zero-order valence-electron chi connectivity index (χ0n) is 6.16. The van der Waals surface area contributed by atoms with Gasteiger partial charge in [0.25, 0.3) is 5.69 Å². The fraction of sp³-hybridized carbons (Fsp3) is 0.143. The van der Waals surface area contributed by atoms with E-state index in [1.54, 1.807) is 18.2 Å². The molecule has 1 aromatic rings. The molecule has 1 rings (SSSR count). The zero-order chi connectivity index (χ0) is 9.14. The second-order valence-electron chi connectivity index (χ2n) is 2.21. The molecule has 2 N–H and O–H groups in total. The lowest BCUT2D eigenvalue weighted by Gasteiger charge is -2.00. The molecule has 0 spiro atoms. The van der Waals surface area contributed by atoms with E-state index in [0.29, 0.717) is 9.13 Å². The number of hydrogen-bond donors (Lipinski definition) is 1. The maximum absolute atomic E-state index is 10.5. The van der Waals surface area contributed by atoms with Gasteiger partial charge >= 0.3 is 0 Å². The van der Waals surface area contributed by atoms with Crippen LogP contribution in [0.5, 0.6) is 0 Å². The van der Waals surface area contributed by atoms with E-state index in [-0.39, 0.29) is 12.2 Å². The highest BCUT2D eigenvalue weighted by Crippen LogP contribution is 2.24. The molecule has 0 aromatic heterocycles. The van der Waals surface area contributed by atoms with Crippen LogP contribution in [0.4, 0.5) is 5.69 Å². The van der Waals surface area contributed by atoms with E-state index >= 15 is 0 Å². The number of rotatable bonds is 2. The molecule has 64 valence electrons. The molecule has 1 aromatic carbocycles. The Labute approximate surface area is 83.1 Å². The molecule has 0 heterocycles. The summed E-state index contributed by atoms with van der Waals surface area (Å²) in [6.07, 6.45) is 0. The summed E-state index contributed by atoms with van der Waals surface area (Å²) in [4.78, 5) is 10.1. The number of nitro benzene ring substituents is 1. The van der Waals surface area contributed by atoms with Crippen LogP contribution in [-0.4, -0.2) is 4.92 Å². The van der Waals surface area contributed by atoms with Crippen molar-refractivity contribution in [1.29, 1.82) is 0 Å². The van der Waals surface area contributed by atoms with E-state index in [0.717, 1.165) is 0 Å². The highest BCUT2D eigenvalue weighted by atomic mass is 127. The van der Waals surface area contributed by atoms with Gasteiger partial charge in [-0.05, 0) is 28.7 Å². The number of nitrogens with two attached hydrogens (primary N) is 1. The number of nitrogens with zero attached hydrogens (tertiary/aromatic N) is 1. The number of hydrogen-bond acceptors (Lipinski definition) is 3. The lowest BCUT2D eigenvalue weighted by Crippen LogP contribution is -2.02. The van der Waals surface area contributed by atoms with Gasteiger partial charge in [0, 0.05) is 12.1 Å². The minimum atomic E-state index is -0.399. The molecule has 0 amide bonds. The van der Waals surface area contributed by atoms with E-state index < -0.39 is 4.92 Å². The smallest absolute Gasteiger partial charge is 0.287 e. The van der Waals surface area contributed by atoms with Gasteiger partial charge in [0.05, 0.1) is 8.49 Å². The Morgan fingerprint density at radius 3 is 2.67 bits per heavy atom. The summed E-state index contributed by atoms with van der Waals surface area (Å²) >= 11 is 1.93. The SMILES string of the molecule is NCc1cccc(I)c1[N+](=O)[O-]. The molecule has 0 saturated heterocycles. The first-order valence-corrected chi connectivity index (χ1v) is 4.36. The summed E-state index contributed by atoms with van der Waals surface area (Å²) in [5, 5.41) is 10.5. The lowest BCUT2D eigenvalue weighted by molar-refractivity contribution is -0.386. The Morgan fingerprint density at radius 1 is 1.58 bits per heavy atom. The van der Waals surface area contributed by atoms with E-state index in [1.807, 2.05) is 22.6 Å². The topological polar surface area (TPSA) is 69.2 Å². The van der Waals surface area contributed by atoms with Crippen LogP contribution >= 0.6 is 22.6 Å². The van der Waals surface area contributed by atoms with Crippen LogP contribution in [0.2, 0.25) is 0 Å². The Kier molecular flexibility index (Phi) is 2.99. The summed E-state index contributed by atoms with van der Waals surface area (Å²) in [5.41, 5.74) is 6.05. The first-order chi connectivity index (χ1) is 5.66. The quantitative estimate of drug-likeness (QED) is 0.508. The molecule has 5 heteroatoms. The van der Waals surface area contributed by atoms with Crippen molar-refractivity contribution in [3.8, 4) is 0 Å². The molecule has 0 unspecified atom stereocenters. The fourth-order valence-electron chi connectivity index (χ4n) is 0.929. The molecule has 0 aliphatic heterocycles. The summed E-state index contributed by atoms with van der Waals surface area (Å²) in [5.74, 6) is 0. The molecule has 0 fully saturated rings. The van der Waals surface area contributed by atoms with Crippen molar-refractivity contribution in [1.82, 2.24) is 0 Å². The van der Waals surface area contributed by atoms with Crippen LogP contribution in [0.3, 0.4) is 0 Å². The second kappa shape index (κ2) is 3.81. The molecule has 0 atom stereocenters. The molecule has 12 heavy (non-hydrogen) atoms. The number of para-hydroxylation sites is 1. The molecular weight excluding hydrogens is 271 g/mol. The lowest BCUT2D eigenvalue weighted by atomic mass is 10.2. The van der Waals surface area contributed by atoms with Gasteiger partial charge in [0.2, 0.25) is 0 Å². The van der Waals surface area contributed by atoms with E-state index in [9.17, 15) is 10.1 Å². The van der Waals surface area contributed by atoms with Crippen molar-refractivity contribution in [2.45, 2.75) is 6.54 Å². The highest BCUT2D eigenvalue weighted by Gasteiger charge is 2.15. The summed E-state index contributed by atoms with van der Waals surface area (Å²) in [6.45, 7) is 0.202. The van der Waals surface area contributed by atoms with Gasteiger partial charge in [-0.15, -0.1) is 0 Å². The average molecular weight is 278 g/mol. The summed E-state index contributed by atoms with van der Waals surface area (Å²) < 4.78 is 0.626. The van der Waals surface area contributed by atoms with Crippen LogP contribution in [0.15, 0.2) is 18.2 Å². The van der Waals surface area contributed by atoms with Gasteiger partial charge in [0.15, 0.2) is 0 Å². The van der Waals surface area contributed by atoms with E-state index in [4.69, 9.17) is 5.73 Å². The second-order valence-corrected chi connectivity index (χ2v) is 3.37. The first-order valence-electron chi connectivity index (χ1n) is 3.28. The maximum Gasteiger partial charge on any atom is 0.287 e. The third kappa shape index (κ3) is 1.72. The Hall–Kier alpha value is -0.690. The largest absolute Gasteiger partial charge is 0.326 e. The van der Waals surface area contributed by atoms with Crippen LogP contribution in [0.25, 0.3) is 0 Å². The predicted octanol–water partition coefficient (Wildman–Crippen LogP) is 1.66. The standard InChI is InChI=1S/C7H7IN2O2/c8-6-3-1-2-5(4-9)7(6)10(11)12/h1-3H,4,9H2. The molecule has 0 radical (unpaired) electrons. The van der Waals surface area contributed by atoms with Gasteiger partial charge in [0.1, 0.15) is 0 Å². The number of nitro groups is 1. The zero-order valence-corrected chi connectivity index (χ0v) is 8.32. The monoisotopic (exact) mass is 278 g/mol. The third-order valence-corrected chi connectivity index (χ3v) is 2.34. The van der Waals surface area contributed by atoms with Crippen molar-refractivity contribution < 1.29 is 4.92 Å². The van der Waals surface area contributed by atoms with Gasteiger partial charge < -0.3 is 5.73 Å². The van der Waals surface area contributed by atoms with Gasteiger partial charge in [-0.25, -0.2) is 0 Å². The Balaban J connectivity index is 3.29. The van der Waals surface area contributed by atoms with E-state index in [2.05, 4.69) is 0 Å². The van der Waals surface area contributed by atoms with Crippen molar-refractivity contribution in [2.24, 2.45) is 5.73 Å². The van der Waals surface area contributed by atoms with Crippen molar-refractivity contribution in [3.63, 3.8) is 0 Å². The molecule has 0 aliphatic rings. The van der Waals surface area contributed by atoms with Crippen LogP contribution in [-0.2, 0) is 6.54 Å². The van der Waals surface area contributed by atoms with Gasteiger partial charge in [-0.1, -0.05) is 12.1 Å². The van der Waals surface area contributed by atoms with Crippen molar-refractivity contribution >= 4 is 28.3 Å². The molecule has 0 aliphatic carbocycles. The Bertz CT molecular complexity index is 314. The molecule has 0 bridgehead atoms. The third-order valence-electron chi connectivity index (χ3n) is 1.47. The molecule has 4 nitrogen and oxygen atoms in total. The average Bonchev–Trinajstić information content (AvgIpc) is 2.03. The van der Waals surface area contributed by atoms with Crippen molar-refractivity contribution in [2.75, 3.05) is 0 Å². The fourth-order valence-corrected chi connectivity index (χ4v) is 1.68. The predicted molar refractivity (Wildman–Crippen MR) is 53.7 cm³/mol. The van der Waals surface area contributed by atoms with Crippen molar-refractivity contribution in [3.05, 3.63) is 37.4 Å². The maximum atomic E-state index is 10.5. The summed E-state index contributed by atoms with van der Waals surface area (Å²) in [7, 11) is 0. The molecular formula is C7H7IN2O2. The van der Waals surface area contributed by atoms with E-state index in [1.165, 1.54) is 0 Å². The number of halogens is 1. The van der Waals surface area contributed by atoms with Gasteiger partial charge in [-0.2, -0.15) is 0 Å². The minimum absolute atomic E-state index is 0.126.